The standard InChI is InChI=1S/C21H33N3O6/c1-19(2,3)28-16(25)10-13(22)11(17(26)29-20(4,5)6)15(24)12(14(10)23)18(27)30-21(7,8)9/h22-24H2,1-9H3. The lowest BCUT2D eigenvalue weighted by atomic mass is 9.96. The van der Waals surface area contributed by atoms with Crippen LogP contribution in [0.3, 0.4) is 0 Å². The van der Waals surface area contributed by atoms with Crippen molar-refractivity contribution < 1.29 is 28.6 Å². The van der Waals surface area contributed by atoms with Gasteiger partial charge < -0.3 is 31.4 Å². The third-order valence-electron chi connectivity index (χ3n) is 3.43. The number of carbonyl (C=O) groups is 3. The SMILES string of the molecule is CC(C)(C)OC(=O)c1c(N)c(C(=O)OC(C)(C)C)c(N)c(C(=O)OC(C)(C)C)c1N. The Morgan fingerprint density at radius 3 is 0.800 bits per heavy atom. The van der Waals surface area contributed by atoms with Crippen LogP contribution in [0.25, 0.3) is 0 Å². The summed E-state index contributed by atoms with van der Waals surface area (Å²) in [6.45, 7) is 14.9. The summed E-state index contributed by atoms with van der Waals surface area (Å²) >= 11 is 0. The Labute approximate surface area is 177 Å². The molecule has 9 heteroatoms. The molecule has 6 N–H and O–H groups in total. The molecule has 0 aliphatic carbocycles. The predicted octanol–water partition coefficient (Wildman–Crippen LogP) is 3.30. The van der Waals surface area contributed by atoms with Crippen molar-refractivity contribution in [2.75, 3.05) is 17.2 Å². The van der Waals surface area contributed by atoms with Crippen LogP contribution in [-0.4, -0.2) is 34.7 Å². The van der Waals surface area contributed by atoms with Crippen molar-refractivity contribution in [1.29, 1.82) is 0 Å². The molecule has 0 radical (unpaired) electrons. The average molecular weight is 424 g/mol. The molecular formula is C21H33N3O6. The van der Waals surface area contributed by atoms with Gasteiger partial charge in [0.1, 0.15) is 33.5 Å². The largest absolute Gasteiger partial charge is 0.456 e. The molecule has 0 fully saturated rings. The summed E-state index contributed by atoms with van der Waals surface area (Å²) in [5, 5.41) is 0. The number of rotatable bonds is 3. The fourth-order valence-electron chi connectivity index (χ4n) is 2.46. The van der Waals surface area contributed by atoms with E-state index < -0.39 is 34.7 Å². The van der Waals surface area contributed by atoms with E-state index in [1.165, 1.54) is 0 Å². The lowest BCUT2D eigenvalue weighted by molar-refractivity contribution is 0.00684. The summed E-state index contributed by atoms with van der Waals surface area (Å²) in [6, 6.07) is 0. The zero-order valence-electron chi connectivity index (χ0n) is 19.2. The maximum absolute atomic E-state index is 12.8. The third kappa shape index (κ3) is 6.27. The van der Waals surface area contributed by atoms with Gasteiger partial charge in [0.05, 0.1) is 17.1 Å². The monoisotopic (exact) mass is 423 g/mol. The molecule has 0 unspecified atom stereocenters. The van der Waals surface area contributed by atoms with Crippen LogP contribution < -0.4 is 17.2 Å². The zero-order valence-corrected chi connectivity index (χ0v) is 19.2. The van der Waals surface area contributed by atoms with Gasteiger partial charge in [-0.05, 0) is 62.3 Å². The number of hydrogen-bond donors (Lipinski definition) is 3. The van der Waals surface area contributed by atoms with Crippen molar-refractivity contribution in [3.05, 3.63) is 16.7 Å². The van der Waals surface area contributed by atoms with Gasteiger partial charge in [-0.2, -0.15) is 0 Å². The van der Waals surface area contributed by atoms with Gasteiger partial charge in [0.15, 0.2) is 0 Å². The second kappa shape index (κ2) is 8.04. The minimum absolute atomic E-state index is 0.333. The number of nitrogen functional groups attached to an aromatic ring is 3. The predicted molar refractivity (Wildman–Crippen MR) is 115 cm³/mol. The second-order valence-electron chi connectivity index (χ2n) is 9.87. The van der Waals surface area contributed by atoms with E-state index in [0.29, 0.717) is 0 Å². The van der Waals surface area contributed by atoms with Crippen molar-refractivity contribution in [3.8, 4) is 0 Å². The summed E-state index contributed by atoms with van der Waals surface area (Å²) in [5.41, 5.74) is 13.6. The van der Waals surface area contributed by atoms with Crippen LogP contribution >= 0.6 is 0 Å². The van der Waals surface area contributed by atoms with Crippen LogP contribution in [0.2, 0.25) is 0 Å². The highest BCUT2D eigenvalue weighted by Crippen LogP contribution is 2.37. The second-order valence-corrected chi connectivity index (χ2v) is 9.87. The number of nitrogens with two attached hydrogens (primary N) is 3. The maximum atomic E-state index is 12.8. The lowest BCUT2D eigenvalue weighted by Gasteiger charge is -2.26. The summed E-state index contributed by atoms with van der Waals surface area (Å²) in [4.78, 5) is 38.4. The van der Waals surface area contributed by atoms with Gasteiger partial charge in [0.2, 0.25) is 0 Å². The first-order valence-corrected chi connectivity index (χ1v) is 9.45. The fraction of sp³-hybridized carbons (Fsp3) is 0.571. The number of hydrogen-bond acceptors (Lipinski definition) is 9. The Kier molecular flexibility index (Phi) is 6.72. The van der Waals surface area contributed by atoms with Crippen LogP contribution in [-0.2, 0) is 14.2 Å². The molecule has 0 aliphatic heterocycles. The van der Waals surface area contributed by atoms with E-state index in [-0.39, 0.29) is 33.8 Å². The molecule has 1 rings (SSSR count). The van der Waals surface area contributed by atoms with Crippen molar-refractivity contribution in [2.24, 2.45) is 0 Å². The Balaban J connectivity index is 3.83. The van der Waals surface area contributed by atoms with E-state index in [2.05, 4.69) is 0 Å². The van der Waals surface area contributed by atoms with Gasteiger partial charge >= 0.3 is 17.9 Å². The van der Waals surface area contributed by atoms with Crippen molar-refractivity contribution >= 4 is 35.0 Å². The Bertz CT molecular complexity index is 735. The minimum atomic E-state index is -0.910. The minimum Gasteiger partial charge on any atom is -0.456 e. The first kappa shape index (κ1) is 25.1. The molecule has 1 aromatic carbocycles. The molecule has 1 aromatic rings. The fourth-order valence-corrected chi connectivity index (χ4v) is 2.46. The van der Waals surface area contributed by atoms with Crippen LogP contribution in [0.1, 0.15) is 93.4 Å². The Hall–Kier alpha value is -2.97. The molecule has 9 nitrogen and oxygen atoms in total. The first-order valence-electron chi connectivity index (χ1n) is 9.45. The third-order valence-corrected chi connectivity index (χ3v) is 3.43. The van der Waals surface area contributed by atoms with E-state index in [0.717, 1.165) is 0 Å². The highest BCUT2D eigenvalue weighted by atomic mass is 16.6. The van der Waals surface area contributed by atoms with Gasteiger partial charge in [-0.1, -0.05) is 0 Å². The van der Waals surface area contributed by atoms with Crippen molar-refractivity contribution in [3.63, 3.8) is 0 Å². The summed E-state index contributed by atoms with van der Waals surface area (Å²) in [7, 11) is 0. The zero-order chi connectivity index (χ0) is 23.8. The number of carbonyl (C=O) groups excluding carboxylic acids is 3. The van der Waals surface area contributed by atoms with Gasteiger partial charge in [0, 0.05) is 0 Å². The molecule has 30 heavy (non-hydrogen) atoms. The van der Waals surface area contributed by atoms with Gasteiger partial charge in [-0.3, -0.25) is 0 Å². The molecule has 0 saturated heterocycles. The summed E-state index contributed by atoms with van der Waals surface area (Å²) < 4.78 is 16.1. The van der Waals surface area contributed by atoms with Crippen molar-refractivity contribution in [2.45, 2.75) is 79.1 Å². The molecular weight excluding hydrogens is 390 g/mol. The van der Waals surface area contributed by atoms with Crippen LogP contribution in [0.5, 0.6) is 0 Å². The maximum Gasteiger partial charge on any atom is 0.342 e. The number of anilines is 3. The van der Waals surface area contributed by atoms with Crippen LogP contribution in [0.15, 0.2) is 0 Å². The highest BCUT2D eigenvalue weighted by molar-refractivity contribution is 6.17. The van der Waals surface area contributed by atoms with E-state index in [4.69, 9.17) is 31.4 Å². The quantitative estimate of drug-likeness (QED) is 0.377. The Morgan fingerprint density at radius 2 is 0.667 bits per heavy atom. The van der Waals surface area contributed by atoms with Crippen LogP contribution in [0.4, 0.5) is 17.1 Å². The van der Waals surface area contributed by atoms with E-state index in [1.807, 2.05) is 0 Å². The number of benzene rings is 1. The smallest absolute Gasteiger partial charge is 0.342 e. The topological polar surface area (TPSA) is 157 Å². The number of esters is 3. The van der Waals surface area contributed by atoms with Gasteiger partial charge in [-0.15, -0.1) is 0 Å². The van der Waals surface area contributed by atoms with Crippen molar-refractivity contribution in [1.82, 2.24) is 0 Å². The van der Waals surface area contributed by atoms with E-state index in [1.54, 1.807) is 62.3 Å². The number of ether oxygens (including phenoxy) is 3. The summed E-state index contributed by atoms with van der Waals surface area (Å²) in [6.07, 6.45) is 0. The molecule has 0 heterocycles. The molecule has 0 spiro atoms. The molecule has 0 bridgehead atoms. The van der Waals surface area contributed by atoms with E-state index in [9.17, 15) is 14.4 Å². The molecule has 168 valence electrons. The average Bonchev–Trinajstić information content (AvgIpc) is 2.40. The lowest BCUT2D eigenvalue weighted by Crippen LogP contribution is -2.30. The Morgan fingerprint density at radius 1 is 0.500 bits per heavy atom. The van der Waals surface area contributed by atoms with Gasteiger partial charge in [-0.25, -0.2) is 14.4 Å². The molecule has 0 atom stereocenters. The highest BCUT2D eigenvalue weighted by Gasteiger charge is 2.35. The molecule has 0 aliphatic rings. The molecule has 0 amide bonds. The van der Waals surface area contributed by atoms with Crippen LogP contribution in [0, 0.1) is 0 Å². The van der Waals surface area contributed by atoms with Gasteiger partial charge in [0.25, 0.3) is 0 Å². The molecule has 0 aromatic heterocycles. The summed E-state index contributed by atoms with van der Waals surface area (Å²) in [5.74, 6) is -2.73. The normalized spacial score (nSPS) is 12.3. The molecule has 0 saturated carbocycles. The van der Waals surface area contributed by atoms with E-state index >= 15 is 0 Å². The first-order chi connectivity index (χ1) is 13.2.